The number of carbonyl (C=O) groups is 1. The number of H-pyrrole nitrogens is 1. The summed E-state index contributed by atoms with van der Waals surface area (Å²) in [5.41, 5.74) is 3.20. The minimum Gasteiger partial charge on any atom is -0.465 e. The lowest BCUT2D eigenvalue weighted by molar-refractivity contribution is 0.0711. The van der Waals surface area contributed by atoms with E-state index in [0.29, 0.717) is 18.5 Å². The molecule has 6 nitrogen and oxygen atoms in total. The second kappa shape index (κ2) is 6.19. The van der Waals surface area contributed by atoms with Gasteiger partial charge in [-0.3, -0.25) is 10.4 Å². The molecule has 4 N–H and O–H groups in total. The third kappa shape index (κ3) is 4.33. The molecule has 1 aromatic heterocycles. The average Bonchev–Trinajstić information content (AvgIpc) is 2.86. The van der Waals surface area contributed by atoms with Crippen molar-refractivity contribution in [1.29, 1.82) is 0 Å². The van der Waals surface area contributed by atoms with Crippen LogP contribution in [0.2, 0.25) is 0 Å². The predicted octanol–water partition coefficient (Wildman–Crippen LogP) is 3.18. The number of nitrogens with one attached hydrogen (secondary N) is 2. The van der Waals surface area contributed by atoms with Crippen LogP contribution in [-0.2, 0) is 6.42 Å². The molecule has 22 heavy (non-hydrogen) atoms. The third-order valence-electron chi connectivity index (χ3n) is 3.41. The number of aromatic nitrogens is 2. The molecule has 118 valence electrons. The molecular weight excluding hydrogens is 282 g/mol. The van der Waals surface area contributed by atoms with E-state index >= 15 is 0 Å². The molecule has 1 heterocycles. The summed E-state index contributed by atoms with van der Waals surface area (Å²) >= 11 is 0. The highest BCUT2D eigenvalue weighted by molar-refractivity contribution is 5.85. The molecule has 1 amide bonds. The molecule has 0 saturated heterocycles. The van der Waals surface area contributed by atoms with Crippen molar-refractivity contribution in [3.8, 4) is 11.3 Å². The second-order valence-electron chi connectivity index (χ2n) is 6.05. The molecule has 6 heteroatoms. The van der Waals surface area contributed by atoms with Gasteiger partial charge >= 0.3 is 6.09 Å². The van der Waals surface area contributed by atoms with E-state index in [1.165, 1.54) is 0 Å². The molecule has 0 aliphatic rings. The van der Waals surface area contributed by atoms with Crippen LogP contribution in [0.1, 0.15) is 31.5 Å². The van der Waals surface area contributed by atoms with Gasteiger partial charge in [0.15, 0.2) is 0 Å². The highest BCUT2D eigenvalue weighted by Gasteiger charge is 2.14. The summed E-state index contributed by atoms with van der Waals surface area (Å²) in [5, 5.41) is 28.2. The zero-order valence-corrected chi connectivity index (χ0v) is 13.0. The zero-order chi connectivity index (χ0) is 16.3. The Labute approximate surface area is 129 Å². The van der Waals surface area contributed by atoms with Crippen LogP contribution < -0.4 is 5.32 Å². The summed E-state index contributed by atoms with van der Waals surface area (Å²) in [6.07, 6.45) is 0.241. The Bertz CT molecular complexity index is 672. The van der Waals surface area contributed by atoms with Crippen LogP contribution in [0, 0.1) is 6.92 Å². The van der Waals surface area contributed by atoms with Gasteiger partial charge in [-0.05, 0) is 51.3 Å². The molecule has 0 saturated carbocycles. The lowest BCUT2D eigenvalue weighted by Gasteiger charge is -2.15. The number of aryl methyl sites for hydroxylation is 2. The predicted molar refractivity (Wildman–Crippen MR) is 85.0 cm³/mol. The van der Waals surface area contributed by atoms with Crippen molar-refractivity contribution in [1.82, 2.24) is 10.2 Å². The molecule has 0 aliphatic carbocycles. The molecule has 0 fully saturated rings. The number of aromatic amines is 1. The average molecular weight is 303 g/mol. The molecule has 2 aromatic rings. The highest BCUT2D eigenvalue weighted by Crippen LogP contribution is 2.25. The Kier molecular flexibility index (Phi) is 4.51. The van der Waals surface area contributed by atoms with Gasteiger partial charge in [-0.2, -0.15) is 5.10 Å². The number of rotatable bonds is 5. The summed E-state index contributed by atoms with van der Waals surface area (Å²) in [6, 6.07) is 7.43. The van der Waals surface area contributed by atoms with Crippen molar-refractivity contribution in [2.45, 2.75) is 39.2 Å². The summed E-state index contributed by atoms with van der Waals surface area (Å²) in [5.74, 6) is 0. The van der Waals surface area contributed by atoms with Gasteiger partial charge in [0.1, 0.15) is 0 Å². The smallest absolute Gasteiger partial charge is 0.409 e. The number of nitrogens with zero attached hydrogens (tertiary/aromatic N) is 1. The number of carboxylic acid groups (broad SMARTS) is 1. The van der Waals surface area contributed by atoms with Gasteiger partial charge in [-0.15, -0.1) is 0 Å². The van der Waals surface area contributed by atoms with Gasteiger partial charge in [-0.25, -0.2) is 4.79 Å². The number of aliphatic hydroxyl groups is 1. The van der Waals surface area contributed by atoms with E-state index < -0.39 is 11.7 Å². The van der Waals surface area contributed by atoms with Gasteiger partial charge in [-0.1, -0.05) is 12.1 Å². The molecule has 0 bridgehead atoms. The monoisotopic (exact) mass is 303 g/mol. The number of hydrogen-bond acceptors (Lipinski definition) is 3. The van der Waals surface area contributed by atoms with Gasteiger partial charge in [0, 0.05) is 16.9 Å². The molecule has 0 radical (unpaired) electrons. The Hall–Kier alpha value is -2.34. The molecular formula is C16H21N3O3. The van der Waals surface area contributed by atoms with E-state index in [1.54, 1.807) is 19.9 Å². The highest BCUT2D eigenvalue weighted by atomic mass is 16.4. The quantitative estimate of drug-likeness (QED) is 0.682. The Morgan fingerprint density at radius 3 is 2.73 bits per heavy atom. The van der Waals surface area contributed by atoms with Crippen molar-refractivity contribution < 1.29 is 15.0 Å². The van der Waals surface area contributed by atoms with Crippen LogP contribution in [0.4, 0.5) is 10.5 Å². The van der Waals surface area contributed by atoms with Crippen molar-refractivity contribution >= 4 is 11.8 Å². The Balaban J connectivity index is 2.18. The fourth-order valence-corrected chi connectivity index (χ4v) is 2.11. The third-order valence-corrected chi connectivity index (χ3v) is 3.41. The van der Waals surface area contributed by atoms with Crippen LogP contribution in [0.15, 0.2) is 24.3 Å². The van der Waals surface area contributed by atoms with E-state index in [0.717, 1.165) is 22.5 Å². The first-order valence-corrected chi connectivity index (χ1v) is 7.12. The summed E-state index contributed by atoms with van der Waals surface area (Å²) in [4.78, 5) is 10.8. The minimum absolute atomic E-state index is 0.547. The van der Waals surface area contributed by atoms with Crippen molar-refractivity contribution in [2.24, 2.45) is 0 Å². The van der Waals surface area contributed by atoms with Gasteiger partial charge in [0.05, 0.1) is 11.3 Å². The number of benzene rings is 1. The molecule has 2 rings (SSSR count). The maximum absolute atomic E-state index is 10.8. The maximum atomic E-state index is 10.8. The Morgan fingerprint density at radius 2 is 2.09 bits per heavy atom. The van der Waals surface area contributed by atoms with E-state index in [1.807, 2.05) is 25.1 Å². The van der Waals surface area contributed by atoms with E-state index in [-0.39, 0.29) is 0 Å². The van der Waals surface area contributed by atoms with Crippen LogP contribution in [0.3, 0.4) is 0 Å². The first kappa shape index (κ1) is 16.0. The summed E-state index contributed by atoms with van der Waals surface area (Å²) in [7, 11) is 0. The van der Waals surface area contributed by atoms with Crippen LogP contribution in [-0.4, -0.2) is 32.1 Å². The normalized spacial score (nSPS) is 11.5. The van der Waals surface area contributed by atoms with E-state index in [2.05, 4.69) is 15.5 Å². The Morgan fingerprint density at radius 1 is 1.36 bits per heavy atom. The summed E-state index contributed by atoms with van der Waals surface area (Å²) < 4.78 is 0. The second-order valence-corrected chi connectivity index (χ2v) is 6.05. The maximum Gasteiger partial charge on any atom is 0.409 e. The molecule has 1 aromatic carbocycles. The fourth-order valence-electron chi connectivity index (χ4n) is 2.11. The SMILES string of the molecule is Cc1ccc(-c2cc(CCC(C)(C)O)[nH]n2)cc1NC(=O)O. The van der Waals surface area contributed by atoms with E-state index in [4.69, 9.17) is 5.11 Å². The van der Waals surface area contributed by atoms with Crippen LogP contribution in [0.25, 0.3) is 11.3 Å². The first-order valence-electron chi connectivity index (χ1n) is 7.12. The largest absolute Gasteiger partial charge is 0.465 e. The molecule has 0 unspecified atom stereocenters. The minimum atomic E-state index is -1.09. The first-order chi connectivity index (χ1) is 10.2. The number of anilines is 1. The lowest BCUT2D eigenvalue weighted by Crippen LogP contribution is -2.19. The standard InChI is InChI=1S/C16H21N3O3/c1-10-4-5-11(8-13(10)17-15(20)21)14-9-12(18-19-14)6-7-16(2,3)22/h4-5,8-9,17,22H,6-7H2,1-3H3,(H,18,19)(H,20,21). The van der Waals surface area contributed by atoms with Gasteiger partial charge in [0.25, 0.3) is 0 Å². The van der Waals surface area contributed by atoms with E-state index in [9.17, 15) is 9.90 Å². The van der Waals surface area contributed by atoms with Gasteiger partial charge in [0.2, 0.25) is 0 Å². The van der Waals surface area contributed by atoms with Crippen LogP contribution in [0.5, 0.6) is 0 Å². The topological polar surface area (TPSA) is 98.2 Å². The number of hydrogen-bond donors (Lipinski definition) is 4. The van der Waals surface area contributed by atoms with Crippen LogP contribution >= 0.6 is 0 Å². The zero-order valence-electron chi connectivity index (χ0n) is 13.0. The lowest BCUT2D eigenvalue weighted by atomic mass is 10.0. The molecule has 0 atom stereocenters. The fraction of sp³-hybridized carbons (Fsp3) is 0.375. The van der Waals surface area contributed by atoms with Gasteiger partial charge < -0.3 is 10.2 Å². The number of amides is 1. The molecule has 0 aliphatic heterocycles. The summed E-state index contributed by atoms with van der Waals surface area (Å²) in [6.45, 7) is 5.39. The molecule has 0 spiro atoms. The van der Waals surface area contributed by atoms with Crippen molar-refractivity contribution in [2.75, 3.05) is 5.32 Å². The van der Waals surface area contributed by atoms with Crippen molar-refractivity contribution in [3.63, 3.8) is 0 Å². The van der Waals surface area contributed by atoms with Crippen molar-refractivity contribution in [3.05, 3.63) is 35.5 Å².